The van der Waals surface area contributed by atoms with Gasteiger partial charge in [0.15, 0.2) is 0 Å². The fourth-order valence-corrected chi connectivity index (χ4v) is 5.02. The third kappa shape index (κ3) is 3.66. The number of thiophene rings is 1. The molecule has 1 fully saturated rings. The molecule has 4 heterocycles. The number of hydrogen-bond donors (Lipinski definition) is 0. The van der Waals surface area contributed by atoms with Crippen LogP contribution in [0.25, 0.3) is 0 Å². The highest BCUT2D eigenvalue weighted by molar-refractivity contribution is 7.10. The quantitative estimate of drug-likeness (QED) is 0.809. The fourth-order valence-electron chi connectivity index (χ4n) is 4.10. The lowest BCUT2D eigenvalue weighted by molar-refractivity contribution is -0.135. The molecule has 0 saturated carbocycles. The van der Waals surface area contributed by atoms with Crippen LogP contribution in [0.15, 0.2) is 34.5 Å². The second kappa shape index (κ2) is 7.86. The van der Waals surface area contributed by atoms with E-state index in [9.17, 15) is 9.59 Å². The smallest absolute Gasteiger partial charge is 0.257 e. The van der Waals surface area contributed by atoms with Gasteiger partial charge in [0.1, 0.15) is 6.26 Å². The maximum atomic E-state index is 13.0. The molecule has 2 aliphatic heterocycles. The summed E-state index contributed by atoms with van der Waals surface area (Å²) in [4.78, 5) is 32.8. The Hall–Kier alpha value is -2.12. The van der Waals surface area contributed by atoms with Crippen LogP contribution in [0.1, 0.15) is 40.2 Å². The number of fused-ring (bicyclic) bond motifs is 1. The molecule has 2 amide bonds. The largest absolute Gasteiger partial charge is 0.472 e. The fraction of sp³-hybridized carbons (Fsp3) is 0.500. The lowest BCUT2D eigenvalue weighted by atomic mass is 9.97. The summed E-state index contributed by atoms with van der Waals surface area (Å²) >= 11 is 1.80. The lowest BCUT2D eigenvalue weighted by Gasteiger charge is -2.39. The molecule has 1 atom stereocenters. The van der Waals surface area contributed by atoms with Crippen LogP contribution in [-0.4, -0.2) is 65.8 Å². The van der Waals surface area contributed by atoms with Crippen LogP contribution >= 0.6 is 11.3 Å². The van der Waals surface area contributed by atoms with Crippen LogP contribution in [0.2, 0.25) is 0 Å². The topological polar surface area (TPSA) is 57.0 Å². The summed E-state index contributed by atoms with van der Waals surface area (Å²) in [7, 11) is 0. The van der Waals surface area contributed by atoms with Gasteiger partial charge in [0.05, 0.1) is 24.4 Å². The van der Waals surface area contributed by atoms with Gasteiger partial charge in [-0.15, -0.1) is 11.3 Å². The standard InChI is InChI=1S/C20H25N3O3S/c1-2-17-16-5-12-27-18(16)3-6-23(17)19(24)13-21-7-9-22(10-8-21)20(25)15-4-11-26-14-15/h4-5,11-12,14,17H,2-3,6-10,13H2,1H3. The minimum Gasteiger partial charge on any atom is -0.472 e. The Kier molecular flexibility index (Phi) is 5.31. The normalized spacial score (nSPS) is 20.6. The van der Waals surface area contributed by atoms with Crippen molar-refractivity contribution in [1.29, 1.82) is 0 Å². The van der Waals surface area contributed by atoms with Crippen LogP contribution in [0.3, 0.4) is 0 Å². The highest BCUT2D eigenvalue weighted by Gasteiger charge is 2.32. The van der Waals surface area contributed by atoms with Gasteiger partial charge in [0, 0.05) is 37.6 Å². The van der Waals surface area contributed by atoms with Crippen molar-refractivity contribution in [2.75, 3.05) is 39.3 Å². The highest BCUT2D eigenvalue weighted by atomic mass is 32.1. The summed E-state index contributed by atoms with van der Waals surface area (Å²) in [5.41, 5.74) is 1.92. The van der Waals surface area contributed by atoms with Crippen molar-refractivity contribution in [3.8, 4) is 0 Å². The van der Waals surface area contributed by atoms with Gasteiger partial charge in [-0.2, -0.15) is 0 Å². The zero-order chi connectivity index (χ0) is 18.8. The Balaban J connectivity index is 1.33. The Morgan fingerprint density at radius 1 is 1.19 bits per heavy atom. The van der Waals surface area contributed by atoms with E-state index in [4.69, 9.17) is 4.42 Å². The number of amides is 2. The van der Waals surface area contributed by atoms with E-state index in [2.05, 4.69) is 28.2 Å². The Morgan fingerprint density at radius 3 is 2.70 bits per heavy atom. The number of rotatable bonds is 4. The average Bonchev–Trinajstić information content (AvgIpc) is 3.38. The van der Waals surface area contributed by atoms with Gasteiger partial charge in [-0.1, -0.05) is 6.92 Å². The van der Waals surface area contributed by atoms with E-state index in [0.29, 0.717) is 25.2 Å². The molecule has 7 heteroatoms. The molecule has 0 radical (unpaired) electrons. The van der Waals surface area contributed by atoms with Crippen LogP contribution in [0, 0.1) is 0 Å². The first kappa shape index (κ1) is 18.3. The molecule has 1 unspecified atom stereocenters. The predicted molar refractivity (Wildman–Crippen MR) is 104 cm³/mol. The van der Waals surface area contributed by atoms with Gasteiger partial charge in [0.25, 0.3) is 5.91 Å². The summed E-state index contributed by atoms with van der Waals surface area (Å²) < 4.78 is 5.00. The first-order valence-corrected chi connectivity index (χ1v) is 10.4. The van der Waals surface area contributed by atoms with Crippen LogP contribution < -0.4 is 0 Å². The van der Waals surface area contributed by atoms with Crippen LogP contribution in [0.4, 0.5) is 0 Å². The highest BCUT2D eigenvalue weighted by Crippen LogP contribution is 2.35. The van der Waals surface area contributed by atoms with Crippen LogP contribution in [-0.2, 0) is 11.2 Å². The van der Waals surface area contributed by atoms with Gasteiger partial charge in [-0.05, 0) is 35.9 Å². The minimum absolute atomic E-state index is 0.00166. The van der Waals surface area contributed by atoms with Gasteiger partial charge in [0.2, 0.25) is 5.91 Å². The van der Waals surface area contributed by atoms with E-state index in [-0.39, 0.29) is 17.9 Å². The summed E-state index contributed by atoms with van der Waals surface area (Å²) in [6.45, 7) is 6.13. The molecule has 0 N–H and O–H groups in total. The van der Waals surface area contributed by atoms with Crippen LogP contribution in [0.5, 0.6) is 0 Å². The molecule has 0 spiro atoms. The third-order valence-corrected chi connectivity index (χ3v) is 6.58. The zero-order valence-electron chi connectivity index (χ0n) is 15.6. The summed E-state index contributed by atoms with van der Waals surface area (Å²) in [6, 6.07) is 4.07. The number of furan rings is 1. The zero-order valence-corrected chi connectivity index (χ0v) is 16.4. The maximum absolute atomic E-state index is 13.0. The van der Waals surface area contributed by atoms with E-state index in [1.165, 1.54) is 23.0 Å². The molecule has 2 aromatic rings. The molecule has 27 heavy (non-hydrogen) atoms. The van der Waals surface area contributed by atoms with Crippen molar-refractivity contribution >= 4 is 23.2 Å². The minimum atomic E-state index is 0.00166. The van der Waals surface area contributed by atoms with Crippen molar-refractivity contribution < 1.29 is 14.0 Å². The molecule has 0 aromatic carbocycles. The van der Waals surface area contributed by atoms with E-state index >= 15 is 0 Å². The number of carbonyl (C=O) groups is 2. The second-order valence-electron chi connectivity index (χ2n) is 7.14. The molecule has 144 valence electrons. The Labute approximate surface area is 163 Å². The van der Waals surface area contributed by atoms with Crippen molar-refractivity contribution in [2.45, 2.75) is 25.8 Å². The Morgan fingerprint density at radius 2 is 2.00 bits per heavy atom. The maximum Gasteiger partial charge on any atom is 0.257 e. The number of nitrogens with zero attached hydrogens (tertiary/aromatic N) is 3. The third-order valence-electron chi connectivity index (χ3n) is 5.59. The molecule has 6 nitrogen and oxygen atoms in total. The molecular formula is C20H25N3O3S. The second-order valence-corrected chi connectivity index (χ2v) is 8.14. The molecular weight excluding hydrogens is 362 g/mol. The van der Waals surface area contributed by atoms with Crippen molar-refractivity contribution in [3.05, 3.63) is 46.0 Å². The summed E-state index contributed by atoms with van der Waals surface area (Å²) in [6.07, 6.45) is 4.91. The van der Waals surface area contributed by atoms with Crippen molar-refractivity contribution in [1.82, 2.24) is 14.7 Å². The summed E-state index contributed by atoms with van der Waals surface area (Å²) in [5, 5.41) is 2.14. The first-order valence-electron chi connectivity index (χ1n) is 9.57. The summed E-state index contributed by atoms with van der Waals surface area (Å²) in [5.74, 6) is 0.204. The molecule has 2 aromatic heterocycles. The van der Waals surface area contributed by atoms with Gasteiger partial charge in [-0.25, -0.2) is 0 Å². The monoisotopic (exact) mass is 387 g/mol. The predicted octanol–water partition coefficient (Wildman–Crippen LogP) is 2.63. The number of carbonyl (C=O) groups excluding carboxylic acids is 2. The molecule has 0 aliphatic carbocycles. The van der Waals surface area contributed by atoms with E-state index in [1.54, 1.807) is 17.4 Å². The first-order chi connectivity index (χ1) is 13.2. The SMILES string of the molecule is CCC1c2ccsc2CCN1C(=O)CN1CCN(C(=O)c2ccoc2)CC1. The molecule has 0 bridgehead atoms. The average molecular weight is 388 g/mol. The number of piperazine rings is 1. The lowest BCUT2D eigenvalue weighted by Crippen LogP contribution is -2.52. The van der Waals surface area contributed by atoms with E-state index < -0.39 is 0 Å². The van der Waals surface area contributed by atoms with Crippen molar-refractivity contribution in [2.24, 2.45) is 0 Å². The molecule has 2 aliphatic rings. The van der Waals surface area contributed by atoms with Gasteiger partial charge in [-0.3, -0.25) is 14.5 Å². The van der Waals surface area contributed by atoms with Crippen molar-refractivity contribution in [3.63, 3.8) is 0 Å². The van der Waals surface area contributed by atoms with Gasteiger partial charge >= 0.3 is 0 Å². The molecule has 4 rings (SSSR count). The Bertz CT molecular complexity index is 793. The molecule has 1 saturated heterocycles. The van der Waals surface area contributed by atoms with Gasteiger partial charge < -0.3 is 14.2 Å². The van der Waals surface area contributed by atoms with E-state index in [0.717, 1.165) is 32.5 Å². The number of hydrogen-bond acceptors (Lipinski definition) is 5. The van der Waals surface area contributed by atoms with E-state index in [1.807, 2.05) is 4.90 Å².